The minimum atomic E-state index is -0.243. The molecule has 0 saturated heterocycles. The van der Waals surface area contributed by atoms with Crippen molar-refractivity contribution in [2.45, 2.75) is 26.3 Å². The summed E-state index contributed by atoms with van der Waals surface area (Å²) in [7, 11) is 0. The van der Waals surface area contributed by atoms with Crippen molar-refractivity contribution >= 4 is 5.97 Å². The highest BCUT2D eigenvalue weighted by atomic mass is 19.1. The Bertz CT molecular complexity index is 351. The second-order valence-electron chi connectivity index (χ2n) is 3.78. The van der Waals surface area contributed by atoms with Crippen LogP contribution in [0.15, 0.2) is 24.3 Å². The third-order valence-electron chi connectivity index (χ3n) is 2.45. The molecule has 94 valence electrons. The maximum Gasteiger partial charge on any atom is 0.307 e. The summed E-state index contributed by atoms with van der Waals surface area (Å²) >= 11 is 0. The van der Waals surface area contributed by atoms with E-state index in [2.05, 4.69) is 5.32 Å². The third kappa shape index (κ3) is 4.95. The standard InChI is InChI=1S/C13H18FNO2/c1-3-17-13(16)8-9-15-10(2)11-4-6-12(14)7-5-11/h4-7,10,15H,3,8-9H2,1-2H3. The molecule has 3 nitrogen and oxygen atoms in total. The monoisotopic (exact) mass is 239 g/mol. The van der Waals surface area contributed by atoms with Gasteiger partial charge in [-0.3, -0.25) is 4.79 Å². The van der Waals surface area contributed by atoms with Crippen molar-refractivity contribution in [1.29, 1.82) is 0 Å². The molecule has 0 aliphatic heterocycles. The molecular weight excluding hydrogens is 221 g/mol. The van der Waals surface area contributed by atoms with E-state index in [-0.39, 0.29) is 17.8 Å². The Balaban J connectivity index is 2.32. The molecule has 1 aromatic rings. The van der Waals surface area contributed by atoms with E-state index in [1.165, 1.54) is 12.1 Å². The second kappa shape index (κ2) is 7.01. The molecule has 4 heteroatoms. The van der Waals surface area contributed by atoms with Crippen LogP contribution in [0.1, 0.15) is 31.9 Å². The number of rotatable bonds is 6. The fourth-order valence-corrected chi connectivity index (χ4v) is 1.49. The van der Waals surface area contributed by atoms with E-state index in [1.807, 2.05) is 6.92 Å². The number of hydrogen-bond donors (Lipinski definition) is 1. The van der Waals surface area contributed by atoms with E-state index in [4.69, 9.17) is 4.74 Å². The Morgan fingerprint density at radius 2 is 2.06 bits per heavy atom. The zero-order chi connectivity index (χ0) is 12.7. The number of nitrogens with one attached hydrogen (secondary N) is 1. The average Bonchev–Trinajstić information content (AvgIpc) is 2.30. The fourth-order valence-electron chi connectivity index (χ4n) is 1.49. The number of benzene rings is 1. The molecule has 0 radical (unpaired) electrons. The van der Waals surface area contributed by atoms with Gasteiger partial charge in [-0.05, 0) is 31.5 Å². The molecule has 0 aliphatic carbocycles. The maximum absolute atomic E-state index is 12.7. The molecule has 0 fully saturated rings. The van der Waals surface area contributed by atoms with E-state index >= 15 is 0 Å². The van der Waals surface area contributed by atoms with Gasteiger partial charge in [0.25, 0.3) is 0 Å². The highest BCUT2D eigenvalue weighted by Crippen LogP contribution is 2.12. The average molecular weight is 239 g/mol. The van der Waals surface area contributed by atoms with Gasteiger partial charge in [0.1, 0.15) is 5.82 Å². The van der Waals surface area contributed by atoms with Crippen LogP contribution in [0.25, 0.3) is 0 Å². The normalized spacial score (nSPS) is 12.2. The Labute approximate surface area is 101 Å². The molecule has 1 atom stereocenters. The van der Waals surface area contributed by atoms with Gasteiger partial charge in [0.2, 0.25) is 0 Å². The van der Waals surface area contributed by atoms with Gasteiger partial charge in [-0.1, -0.05) is 12.1 Å². The van der Waals surface area contributed by atoms with Crippen LogP contribution in [0.2, 0.25) is 0 Å². The van der Waals surface area contributed by atoms with Crippen LogP contribution >= 0.6 is 0 Å². The minimum Gasteiger partial charge on any atom is -0.466 e. The van der Waals surface area contributed by atoms with Crippen molar-refractivity contribution in [3.8, 4) is 0 Å². The molecule has 0 saturated carbocycles. The lowest BCUT2D eigenvalue weighted by Gasteiger charge is -2.13. The maximum atomic E-state index is 12.7. The molecule has 1 N–H and O–H groups in total. The number of carbonyl (C=O) groups is 1. The molecule has 17 heavy (non-hydrogen) atoms. The molecular formula is C13H18FNO2. The van der Waals surface area contributed by atoms with Gasteiger partial charge in [-0.2, -0.15) is 0 Å². The molecule has 0 aromatic heterocycles. The summed E-state index contributed by atoms with van der Waals surface area (Å²) in [6.45, 7) is 4.72. The van der Waals surface area contributed by atoms with Crippen LogP contribution in [0.5, 0.6) is 0 Å². The second-order valence-corrected chi connectivity index (χ2v) is 3.78. The first-order chi connectivity index (χ1) is 8.13. The van der Waals surface area contributed by atoms with Gasteiger partial charge in [0.05, 0.1) is 13.0 Å². The van der Waals surface area contributed by atoms with Crippen molar-refractivity contribution < 1.29 is 13.9 Å². The van der Waals surface area contributed by atoms with Crippen molar-refractivity contribution in [3.63, 3.8) is 0 Å². The topological polar surface area (TPSA) is 38.3 Å². The van der Waals surface area contributed by atoms with Crippen molar-refractivity contribution in [1.82, 2.24) is 5.32 Å². The molecule has 0 spiro atoms. The van der Waals surface area contributed by atoms with Crippen LogP contribution in [0.3, 0.4) is 0 Å². The quantitative estimate of drug-likeness (QED) is 0.775. The molecule has 1 rings (SSSR count). The highest BCUT2D eigenvalue weighted by molar-refractivity contribution is 5.69. The van der Waals surface area contributed by atoms with Crippen LogP contribution in [-0.2, 0) is 9.53 Å². The number of hydrogen-bond acceptors (Lipinski definition) is 3. The molecule has 0 heterocycles. The van der Waals surface area contributed by atoms with E-state index in [0.717, 1.165) is 5.56 Å². The lowest BCUT2D eigenvalue weighted by molar-refractivity contribution is -0.143. The van der Waals surface area contributed by atoms with Crippen LogP contribution in [-0.4, -0.2) is 19.1 Å². The van der Waals surface area contributed by atoms with Crippen LogP contribution in [0.4, 0.5) is 4.39 Å². The Morgan fingerprint density at radius 1 is 1.41 bits per heavy atom. The SMILES string of the molecule is CCOC(=O)CCNC(C)c1ccc(F)cc1. The molecule has 0 bridgehead atoms. The van der Waals surface area contributed by atoms with Crippen molar-refractivity contribution in [3.05, 3.63) is 35.6 Å². The number of carbonyl (C=O) groups excluding carboxylic acids is 1. The van der Waals surface area contributed by atoms with Crippen LogP contribution < -0.4 is 5.32 Å². The van der Waals surface area contributed by atoms with Gasteiger partial charge in [0.15, 0.2) is 0 Å². The van der Waals surface area contributed by atoms with E-state index < -0.39 is 0 Å². The minimum absolute atomic E-state index is 0.0880. The molecule has 0 aliphatic rings. The predicted octanol–water partition coefficient (Wildman–Crippen LogP) is 2.43. The van der Waals surface area contributed by atoms with Crippen LogP contribution in [0, 0.1) is 5.82 Å². The Kier molecular flexibility index (Phi) is 5.63. The van der Waals surface area contributed by atoms with Gasteiger partial charge in [-0.15, -0.1) is 0 Å². The molecule has 1 unspecified atom stereocenters. The summed E-state index contributed by atoms with van der Waals surface area (Å²) in [6, 6.07) is 6.41. The first-order valence-corrected chi connectivity index (χ1v) is 5.78. The van der Waals surface area contributed by atoms with E-state index in [0.29, 0.717) is 19.6 Å². The number of esters is 1. The van der Waals surface area contributed by atoms with E-state index in [1.54, 1.807) is 19.1 Å². The predicted molar refractivity (Wildman–Crippen MR) is 64.1 cm³/mol. The van der Waals surface area contributed by atoms with Gasteiger partial charge in [0, 0.05) is 12.6 Å². The summed E-state index contributed by atoms with van der Waals surface area (Å²) in [5.41, 5.74) is 0.996. The first kappa shape index (κ1) is 13.6. The number of ether oxygens (including phenoxy) is 1. The molecule has 1 aromatic carbocycles. The largest absolute Gasteiger partial charge is 0.466 e. The van der Waals surface area contributed by atoms with E-state index in [9.17, 15) is 9.18 Å². The Morgan fingerprint density at radius 3 is 2.65 bits per heavy atom. The summed E-state index contributed by atoms with van der Waals surface area (Å²) in [4.78, 5) is 11.1. The lowest BCUT2D eigenvalue weighted by Crippen LogP contribution is -2.22. The first-order valence-electron chi connectivity index (χ1n) is 5.78. The Hall–Kier alpha value is -1.42. The summed E-state index contributed by atoms with van der Waals surface area (Å²) in [5.74, 6) is -0.446. The third-order valence-corrected chi connectivity index (χ3v) is 2.45. The molecule has 0 amide bonds. The zero-order valence-corrected chi connectivity index (χ0v) is 10.2. The summed E-state index contributed by atoms with van der Waals surface area (Å²) < 4.78 is 17.5. The number of halogens is 1. The summed E-state index contributed by atoms with van der Waals surface area (Å²) in [6.07, 6.45) is 0.347. The zero-order valence-electron chi connectivity index (χ0n) is 10.2. The highest BCUT2D eigenvalue weighted by Gasteiger charge is 2.06. The fraction of sp³-hybridized carbons (Fsp3) is 0.462. The smallest absolute Gasteiger partial charge is 0.307 e. The van der Waals surface area contributed by atoms with Gasteiger partial charge < -0.3 is 10.1 Å². The van der Waals surface area contributed by atoms with Crippen molar-refractivity contribution in [2.24, 2.45) is 0 Å². The van der Waals surface area contributed by atoms with Gasteiger partial charge in [-0.25, -0.2) is 4.39 Å². The summed E-state index contributed by atoms with van der Waals surface area (Å²) in [5, 5.41) is 3.18. The van der Waals surface area contributed by atoms with Crippen molar-refractivity contribution in [2.75, 3.05) is 13.2 Å². The lowest BCUT2D eigenvalue weighted by atomic mass is 10.1. The van der Waals surface area contributed by atoms with Gasteiger partial charge >= 0.3 is 5.97 Å².